The molecule has 8 heteroatoms. The zero-order chi connectivity index (χ0) is 25.2. The number of ether oxygens (including phenoxy) is 4. The van der Waals surface area contributed by atoms with Crippen LogP contribution in [0, 0.1) is 0 Å². The van der Waals surface area contributed by atoms with Gasteiger partial charge in [-0.25, -0.2) is 4.79 Å². The highest BCUT2D eigenvalue weighted by Gasteiger charge is 2.54. The van der Waals surface area contributed by atoms with Crippen LogP contribution in [0.3, 0.4) is 0 Å². The minimum absolute atomic E-state index is 0.0963. The molecule has 0 amide bonds. The van der Waals surface area contributed by atoms with Gasteiger partial charge in [0.2, 0.25) is 0 Å². The van der Waals surface area contributed by atoms with E-state index in [4.69, 9.17) is 23.4 Å². The maximum Gasteiger partial charge on any atom is 0.338 e. The first-order valence-corrected chi connectivity index (χ1v) is 15.0. The van der Waals surface area contributed by atoms with E-state index in [1.54, 1.807) is 24.3 Å². The minimum atomic E-state index is -2.33. The van der Waals surface area contributed by atoms with Crippen LogP contribution in [0.25, 0.3) is 0 Å². The lowest BCUT2D eigenvalue weighted by Crippen LogP contribution is -2.66. The Hall–Kier alpha value is -2.07. The maximum absolute atomic E-state index is 13.2. The van der Waals surface area contributed by atoms with Crippen LogP contribution in [0.5, 0.6) is 0 Å². The van der Waals surface area contributed by atoms with E-state index in [1.165, 1.54) is 0 Å². The van der Waals surface area contributed by atoms with Crippen molar-refractivity contribution in [1.29, 1.82) is 0 Å². The smallest absolute Gasteiger partial charge is 0.338 e. The third-order valence-electron chi connectivity index (χ3n) is 7.16. The average Bonchev–Trinajstić information content (AvgIpc) is 2.85. The normalized spacial score (nSPS) is 29.3. The average molecular weight is 501 g/mol. The number of carbonyl (C=O) groups is 1. The molecule has 0 unspecified atom stereocenters. The van der Waals surface area contributed by atoms with Gasteiger partial charge in [-0.15, -0.1) is 0 Å². The molecule has 35 heavy (non-hydrogen) atoms. The standard InChI is InChI=1S/C27H36O7Si/c1-27(2,3)35(4,5)34-23-20(16-28)31-21-17-30-26(19-14-10-7-11-15-19)33-22(21)24(23)32-25(29)18-12-8-6-9-13-18/h6-15,20-24,26,28H,16-17H2,1-5H3/t20-,21+,22+,23+,24+,26-/m1/s1. The summed E-state index contributed by atoms with van der Waals surface area (Å²) in [6.07, 6.45) is -3.93. The first kappa shape index (κ1) is 26.0. The molecule has 2 saturated heterocycles. The summed E-state index contributed by atoms with van der Waals surface area (Å²) in [5, 5.41) is 10.1. The SMILES string of the molecule is CC(C)(C)[Si](C)(C)O[C@@H]1[C@@H](OC(=O)c2ccccc2)[C@H]2O[C@H](c3ccccc3)OC[C@@H]2O[C@@H]1CO. The molecule has 2 heterocycles. The molecule has 0 spiro atoms. The molecule has 0 saturated carbocycles. The van der Waals surface area contributed by atoms with Gasteiger partial charge in [0.15, 0.2) is 20.7 Å². The fourth-order valence-corrected chi connectivity index (χ4v) is 5.46. The van der Waals surface area contributed by atoms with Crippen LogP contribution < -0.4 is 0 Å². The number of aliphatic hydroxyl groups excluding tert-OH is 1. The van der Waals surface area contributed by atoms with Crippen molar-refractivity contribution in [3.63, 3.8) is 0 Å². The quantitative estimate of drug-likeness (QED) is 0.463. The molecule has 4 rings (SSSR count). The van der Waals surface area contributed by atoms with Crippen molar-refractivity contribution in [2.75, 3.05) is 13.2 Å². The van der Waals surface area contributed by atoms with Gasteiger partial charge in [-0.1, -0.05) is 69.3 Å². The molecule has 2 aliphatic heterocycles. The zero-order valence-electron chi connectivity index (χ0n) is 21.0. The van der Waals surface area contributed by atoms with Crippen molar-refractivity contribution >= 4 is 14.3 Å². The van der Waals surface area contributed by atoms with Gasteiger partial charge in [0.1, 0.15) is 24.4 Å². The monoisotopic (exact) mass is 500 g/mol. The number of carbonyl (C=O) groups excluding carboxylic acids is 1. The number of hydrogen-bond acceptors (Lipinski definition) is 7. The molecule has 2 aromatic carbocycles. The Morgan fingerprint density at radius 3 is 2.23 bits per heavy atom. The highest BCUT2D eigenvalue weighted by molar-refractivity contribution is 6.74. The second-order valence-electron chi connectivity index (χ2n) is 10.7. The van der Waals surface area contributed by atoms with E-state index in [1.807, 2.05) is 36.4 Å². The van der Waals surface area contributed by atoms with Crippen molar-refractivity contribution in [2.24, 2.45) is 0 Å². The molecular formula is C27H36O7Si. The highest BCUT2D eigenvalue weighted by atomic mass is 28.4. The predicted molar refractivity (Wildman–Crippen MR) is 133 cm³/mol. The van der Waals surface area contributed by atoms with Gasteiger partial charge in [-0.05, 0) is 30.3 Å². The van der Waals surface area contributed by atoms with Crippen LogP contribution in [-0.4, -0.2) is 63.1 Å². The summed E-state index contributed by atoms with van der Waals surface area (Å²) in [5.41, 5.74) is 1.30. The molecule has 0 aliphatic carbocycles. The number of benzene rings is 2. The summed E-state index contributed by atoms with van der Waals surface area (Å²) < 4.78 is 31.4. The molecule has 2 aromatic rings. The van der Waals surface area contributed by atoms with Crippen molar-refractivity contribution in [3.05, 3.63) is 71.8 Å². The summed E-state index contributed by atoms with van der Waals surface area (Å²) in [4.78, 5) is 13.2. The fourth-order valence-electron chi connectivity index (χ4n) is 4.14. The van der Waals surface area contributed by atoms with Crippen LogP contribution >= 0.6 is 0 Å². The van der Waals surface area contributed by atoms with E-state index >= 15 is 0 Å². The molecule has 2 aliphatic rings. The number of rotatable bonds is 6. The number of esters is 1. The Morgan fingerprint density at radius 1 is 1.00 bits per heavy atom. The van der Waals surface area contributed by atoms with E-state index in [-0.39, 0.29) is 18.3 Å². The van der Waals surface area contributed by atoms with E-state index in [2.05, 4.69) is 33.9 Å². The Balaban J connectivity index is 1.68. The van der Waals surface area contributed by atoms with Gasteiger partial charge in [0.25, 0.3) is 0 Å². The predicted octanol–water partition coefficient (Wildman–Crippen LogP) is 4.48. The Labute approximate surface area is 208 Å². The first-order valence-electron chi connectivity index (χ1n) is 12.1. The minimum Gasteiger partial charge on any atom is -0.453 e. The van der Waals surface area contributed by atoms with Gasteiger partial charge >= 0.3 is 5.97 Å². The highest BCUT2D eigenvalue weighted by Crippen LogP contribution is 2.42. The van der Waals surface area contributed by atoms with Gasteiger partial charge in [-0.3, -0.25) is 0 Å². The van der Waals surface area contributed by atoms with E-state index < -0.39 is 51.1 Å². The van der Waals surface area contributed by atoms with Crippen molar-refractivity contribution in [3.8, 4) is 0 Å². The van der Waals surface area contributed by atoms with E-state index in [0.29, 0.717) is 5.56 Å². The van der Waals surface area contributed by atoms with Crippen molar-refractivity contribution in [2.45, 2.75) is 75.7 Å². The Kier molecular flexibility index (Phi) is 7.80. The lowest BCUT2D eigenvalue weighted by molar-refractivity contribution is -0.328. The summed E-state index contributed by atoms with van der Waals surface area (Å²) in [5.74, 6) is -0.469. The van der Waals surface area contributed by atoms with Crippen molar-refractivity contribution < 1.29 is 33.3 Å². The van der Waals surface area contributed by atoms with Gasteiger partial charge in [0, 0.05) is 5.56 Å². The molecule has 6 atom stereocenters. The summed E-state index contributed by atoms with van der Waals surface area (Å²) in [6.45, 7) is 10.6. The number of aliphatic hydroxyl groups is 1. The molecule has 1 N–H and O–H groups in total. The summed E-state index contributed by atoms with van der Waals surface area (Å²) in [7, 11) is -2.33. The molecule has 0 radical (unpaired) electrons. The molecule has 2 fully saturated rings. The van der Waals surface area contributed by atoms with Crippen LogP contribution in [0.4, 0.5) is 0 Å². The topological polar surface area (TPSA) is 83.5 Å². The molecule has 190 valence electrons. The third-order valence-corrected chi connectivity index (χ3v) is 11.6. The Morgan fingerprint density at radius 2 is 1.63 bits per heavy atom. The van der Waals surface area contributed by atoms with Crippen LogP contribution in [0.15, 0.2) is 60.7 Å². The molecular weight excluding hydrogens is 464 g/mol. The zero-order valence-corrected chi connectivity index (χ0v) is 22.0. The number of fused-ring (bicyclic) bond motifs is 1. The van der Waals surface area contributed by atoms with Crippen LogP contribution in [-0.2, 0) is 23.4 Å². The summed E-state index contributed by atoms with van der Waals surface area (Å²) in [6, 6.07) is 18.5. The lowest BCUT2D eigenvalue weighted by Gasteiger charge is -2.51. The maximum atomic E-state index is 13.2. The fraction of sp³-hybridized carbons (Fsp3) is 0.519. The van der Waals surface area contributed by atoms with Crippen LogP contribution in [0.2, 0.25) is 18.1 Å². The lowest BCUT2D eigenvalue weighted by atomic mass is 9.94. The van der Waals surface area contributed by atoms with Gasteiger partial charge in [-0.2, -0.15) is 0 Å². The number of hydrogen-bond donors (Lipinski definition) is 1. The molecule has 0 aromatic heterocycles. The summed E-state index contributed by atoms with van der Waals surface area (Å²) >= 11 is 0. The van der Waals surface area contributed by atoms with Crippen molar-refractivity contribution in [1.82, 2.24) is 0 Å². The van der Waals surface area contributed by atoms with Crippen LogP contribution in [0.1, 0.15) is 43.0 Å². The van der Waals surface area contributed by atoms with Gasteiger partial charge in [0.05, 0.1) is 18.8 Å². The second-order valence-corrected chi connectivity index (χ2v) is 15.4. The van der Waals surface area contributed by atoms with E-state index in [9.17, 15) is 9.90 Å². The third kappa shape index (κ3) is 5.68. The van der Waals surface area contributed by atoms with Gasteiger partial charge < -0.3 is 28.5 Å². The Bertz CT molecular complexity index is 976. The largest absolute Gasteiger partial charge is 0.453 e. The molecule has 0 bridgehead atoms. The second kappa shape index (κ2) is 10.5. The molecule has 7 nitrogen and oxygen atoms in total. The van der Waals surface area contributed by atoms with E-state index in [0.717, 1.165) is 5.56 Å². The first-order chi connectivity index (χ1) is 16.6.